The Morgan fingerprint density at radius 3 is 2.56 bits per heavy atom. The summed E-state index contributed by atoms with van der Waals surface area (Å²) in [4.78, 5) is 20.5. The minimum Gasteiger partial charge on any atom is -0.323 e. The Hall–Kier alpha value is -1.45. The van der Waals surface area contributed by atoms with Crippen LogP contribution in [0, 0.1) is 5.92 Å². The molecule has 4 heteroatoms. The molecule has 2 heterocycles. The van der Waals surface area contributed by atoms with Gasteiger partial charge < -0.3 is 5.32 Å². The molecule has 1 unspecified atom stereocenters. The lowest BCUT2D eigenvalue weighted by Gasteiger charge is -2.12. The number of nitrogens with one attached hydrogen (secondary N) is 1. The van der Waals surface area contributed by atoms with Crippen LogP contribution in [0.15, 0.2) is 6.20 Å². The predicted molar refractivity (Wildman–Crippen MR) is 62.3 cm³/mol. The van der Waals surface area contributed by atoms with Crippen molar-refractivity contribution < 1.29 is 4.79 Å². The van der Waals surface area contributed by atoms with E-state index < -0.39 is 0 Å². The molecule has 0 radical (unpaired) electrons. The van der Waals surface area contributed by atoms with Crippen molar-refractivity contribution in [1.29, 1.82) is 0 Å². The lowest BCUT2D eigenvalue weighted by Crippen LogP contribution is -2.17. The van der Waals surface area contributed by atoms with E-state index in [1.165, 1.54) is 0 Å². The van der Waals surface area contributed by atoms with E-state index in [4.69, 9.17) is 0 Å². The van der Waals surface area contributed by atoms with Gasteiger partial charge in [0.25, 0.3) is 0 Å². The van der Waals surface area contributed by atoms with Crippen LogP contribution in [0.1, 0.15) is 51.0 Å². The Labute approximate surface area is 95.5 Å². The Balaban J connectivity index is 2.46. The van der Waals surface area contributed by atoms with Crippen LogP contribution in [-0.4, -0.2) is 15.9 Å². The molecule has 1 amide bonds. The zero-order valence-electron chi connectivity index (χ0n) is 10.1. The predicted octanol–water partition coefficient (Wildman–Crippen LogP) is 2.29. The lowest BCUT2D eigenvalue weighted by atomic mass is 9.93. The maximum atomic E-state index is 11.8. The number of hydrogen-bond acceptors (Lipinski definition) is 3. The molecule has 0 aliphatic carbocycles. The minimum absolute atomic E-state index is 0.0419. The van der Waals surface area contributed by atoms with Gasteiger partial charge in [0.05, 0.1) is 23.5 Å². The zero-order chi connectivity index (χ0) is 11.9. The number of nitrogens with zero attached hydrogens (tertiary/aromatic N) is 2. The summed E-state index contributed by atoms with van der Waals surface area (Å²) >= 11 is 0. The first-order chi connectivity index (χ1) is 7.50. The molecule has 2 rings (SSSR count). The van der Waals surface area contributed by atoms with Gasteiger partial charge in [-0.2, -0.15) is 0 Å². The molecule has 4 nitrogen and oxygen atoms in total. The third kappa shape index (κ3) is 1.68. The van der Waals surface area contributed by atoms with Gasteiger partial charge in [0.2, 0.25) is 5.91 Å². The number of hydrogen-bond donors (Lipinski definition) is 1. The van der Waals surface area contributed by atoms with Crippen LogP contribution < -0.4 is 5.32 Å². The summed E-state index contributed by atoms with van der Waals surface area (Å²) in [5.74, 6) is 1.27. The fraction of sp³-hybridized carbons (Fsp3) is 0.583. The normalized spacial score (nSPS) is 19.1. The third-order valence-corrected chi connectivity index (χ3v) is 2.85. The van der Waals surface area contributed by atoms with Gasteiger partial charge in [-0.15, -0.1) is 0 Å². The van der Waals surface area contributed by atoms with Crippen LogP contribution in [0.5, 0.6) is 0 Å². The quantitative estimate of drug-likeness (QED) is 0.830. The van der Waals surface area contributed by atoms with Crippen LogP contribution in [-0.2, 0) is 4.79 Å². The van der Waals surface area contributed by atoms with E-state index in [1.807, 2.05) is 13.8 Å². The molecule has 0 spiro atoms. The minimum atomic E-state index is -0.129. The lowest BCUT2D eigenvalue weighted by molar-refractivity contribution is -0.117. The van der Waals surface area contributed by atoms with Gasteiger partial charge in [0, 0.05) is 5.92 Å². The highest BCUT2D eigenvalue weighted by molar-refractivity contribution is 6.02. The van der Waals surface area contributed by atoms with Crippen molar-refractivity contribution in [3.63, 3.8) is 0 Å². The molecule has 0 saturated heterocycles. The van der Waals surface area contributed by atoms with Gasteiger partial charge in [0.15, 0.2) is 0 Å². The van der Waals surface area contributed by atoms with Crippen molar-refractivity contribution in [2.75, 3.05) is 5.32 Å². The van der Waals surface area contributed by atoms with E-state index in [2.05, 4.69) is 29.1 Å². The van der Waals surface area contributed by atoms with E-state index in [-0.39, 0.29) is 23.7 Å². The molecular weight excluding hydrogens is 202 g/mol. The molecule has 1 N–H and O–H groups in total. The van der Waals surface area contributed by atoms with Crippen LogP contribution in [0.3, 0.4) is 0 Å². The monoisotopic (exact) mass is 219 g/mol. The van der Waals surface area contributed by atoms with Crippen LogP contribution in [0.2, 0.25) is 0 Å². The van der Waals surface area contributed by atoms with E-state index in [0.717, 1.165) is 17.2 Å². The molecule has 0 saturated carbocycles. The van der Waals surface area contributed by atoms with Gasteiger partial charge in [-0.1, -0.05) is 27.7 Å². The molecule has 1 aromatic heterocycles. The molecule has 1 aliphatic heterocycles. The van der Waals surface area contributed by atoms with E-state index in [9.17, 15) is 4.79 Å². The molecule has 1 atom stereocenters. The highest BCUT2D eigenvalue weighted by Crippen LogP contribution is 2.35. The number of carbonyl (C=O) groups is 1. The molecule has 0 aromatic carbocycles. The first kappa shape index (κ1) is 11.0. The first-order valence-corrected chi connectivity index (χ1v) is 5.68. The summed E-state index contributed by atoms with van der Waals surface area (Å²) in [6, 6.07) is 0. The molecule has 0 bridgehead atoms. The molecule has 0 fully saturated rings. The van der Waals surface area contributed by atoms with E-state index in [1.54, 1.807) is 6.20 Å². The maximum absolute atomic E-state index is 11.8. The van der Waals surface area contributed by atoms with Crippen LogP contribution in [0.4, 0.5) is 5.69 Å². The Bertz CT molecular complexity index is 426. The Kier molecular flexibility index (Phi) is 2.66. The fourth-order valence-corrected chi connectivity index (χ4v) is 1.97. The van der Waals surface area contributed by atoms with Gasteiger partial charge in [0.1, 0.15) is 5.82 Å². The largest absolute Gasteiger partial charge is 0.323 e. The van der Waals surface area contributed by atoms with Crippen molar-refractivity contribution in [1.82, 2.24) is 9.97 Å². The van der Waals surface area contributed by atoms with E-state index >= 15 is 0 Å². The van der Waals surface area contributed by atoms with Crippen molar-refractivity contribution in [3.8, 4) is 0 Å². The van der Waals surface area contributed by atoms with Crippen LogP contribution >= 0.6 is 0 Å². The average Bonchev–Trinajstić information content (AvgIpc) is 2.51. The molecule has 1 aromatic rings. The summed E-state index contributed by atoms with van der Waals surface area (Å²) < 4.78 is 0. The fourth-order valence-electron chi connectivity index (χ4n) is 1.97. The van der Waals surface area contributed by atoms with E-state index in [0.29, 0.717) is 0 Å². The zero-order valence-corrected chi connectivity index (χ0v) is 10.1. The number of amides is 1. The van der Waals surface area contributed by atoms with Crippen molar-refractivity contribution in [3.05, 3.63) is 17.7 Å². The second-order valence-corrected chi connectivity index (χ2v) is 4.89. The standard InChI is InChI=1S/C12H17N3O/c1-6(2)9-10-8(14-12(9)16)5-13-11(15-10)7(3)4/h5-7,9H,1-4H3,(H,14,16). The Morgan fingerprint density at radius 1 is 1.31 bits per heavy atom. The first-order valence-electron chi connectivity index (χ1n) is 5.68. The Morgan fingerprint density at radius 2 is 2.00 bits per heavy atom. The third-order valence-electron chi connectivity index (χ3n) is 2.85. The molecule has 16 heavy (non-hydrogen) atoms. The van der Waals surface area contributed by atoms with Crippen LogP contribution in [0.25, 0.3) is 0 Å². The molecular formula is C12H17N3O. The average molecular weight is 219 g/mol. The highest BCUT2D eigenvalue weighted by Gasteiger charge is 2.35. The van der Waals surface area contributed by atoms with Gasteiger partial charge >= 0.3 is 0 Å². The van der Waals surface area contributed by atoms with Gasteiger partial charge in [-0.3, -0.25) is 4.79 Å². The van der Waals surface area contributed by atoms with Crippen molar-refractivity contribution in [2.24, 2.45) is 5.92 Å². The summed E-state index contributed by atoms with van der Waals surface area (Å²) in [7, 11) is 0. The number of fused-ring (bicyclic) bond motifs is 1. The summed E-state index contributed by atoms with van der Waals surface area (Å²) in [5, 5.41) is 2.83. The maximum Gasteiger partial charge on any atom is 0.233 e. The van der Waals surface area contributed by atoms with Gasteiger partial charge in [-0.05, 0) is 5.92 Å². The number of anilines is 1. The van der Waals surface area contributed by atoms with Gasteiger partial charge in [-0.25, -0.2) is 9.97 Å². The summed E-state index contributed by atoms with van der Waals surface area (Å²) in [6.07, 6.45) is 1.72. The van der Waals surface area contributed by atoms with Crippen molar-refractivity contribution in [2.45, 2.75) is 39.5 Å². The summed E-state index contributed by atoms with van der Waals surface area (Å²) in [6.45, 7) is 8.18. The van der Waals surface area contributed by atoms with Crippen molar-refractivity contribution >= 4 is 11.6 Å². The number of aromatic nitrogens is 2. The second kappa shape index (κ2) is 3.85. The smallest absolute Gasteiger partial charge is 0.233 e. The number of rotatable bonds is 2. The molecule has 1 aliphatic rings. The molecule has 86 valence electrons. The summed E-state index contributed by atoms with van der Waals surface area (Å²) in [5.41, 5.74) is 1.63. The number of carbonyl (C=O) groups excluding carboxylic acids is 1. The highest BCUT2D eigenvalue weighted by atomic mass is 16.2. The second-order valence-electron chi connectivity index (χ2n) is 4.89. The topological polar surface area (TPSA) is 54.9 Å². The SMILES string of the molecule is CC(C)c1ncc2c(n1)C(C(C)C)C(=O)N2.